The van der Waals surface area contributed by atoms with Gasteiger partial charge < -0.3 is 10.2 Å². The monoisotopic (exact) mass is 527 g/mol. The van der Waals surface area contributed by atoms with Gasteiger partial charge in [0.15, 0.2) is 0 Å². The normalized spacial score (nSPS) is 12.4. The second-order valence-electron chi connectivity index (χ2n) is 8.41. The third-order valence-corrected chi connectivity index (χ3v) is 7.08. The molecule has 1 N–H and O–H groups in total. The van der Waals surface area contributed by atoms with Gasteiger partial charge in [0, 0.05) is 12.6 Å². The predicted molar refractivity (Wildman–Crippen MR) is 138 cm³/mol. The molecule has 0 aliphatic rings. The van der Waals surface area contributed by atoms with E-state index >= 15 is 0 Å². The highest BCUT2D eigenvalue weighted by molar-refractivity contribution is 7.92. The molecule has 1 atom stereocenters. The largest absolute Gasteiger partial charge is 0.352 e. The molecule has 0 fully saturated rings. The molecule has 7 nitrogen and oxygen atoms in total. The number of nitrogens with one attached hydrogen (secondary N) is 1. The fourth-order valence-electron chi connectivity index (χ4n) is 3.57. The smallest absolute Gasteiger partial charge is 0.244 e. The molecule has 0 aliphatic heterocycles. The number of hydrogen-bond donors (Lipinski definition) is 1. The summed E-state index contributed by atoms with van der Waals surface area (Å²) in [6, 6.07) is 11.0. The quantitative estimate of drug-likeness (QED) is 0.495. The fraction of sp³-hybridized carbons (Fsp3) is 0.417. The molecular weight excluding hydrogens is 497 g/mol. The molecule has 0 saturated carbocycles. The molecule has 186 valence electrons. The van der Waals surface area contributed by atoms with Crippen molar-refractivity contribution >= 4 is 50.7 Å². The molecule has 2 aromatic rings. The Kier molecular flexibility index (Phi) is 9.79. The van der Waals surface area contributed by atoms with Gasteiger partial charge in [-0.15, -0.1) is 0 Å². The molecular formula is C24H31Cl2N3O4S. The van der Waals surface area contributed by atoms with E-state index in [4.69, 9.17) is 23.2 Å². The van der Waals surface area contributed by atoms with Crippen molar-refractivity contribution in [2.24, 2.45) is 0 Å². The van der Waals surface area contributed by atoms with Crippen LogP contribution < -0.4 is 9.62 Å². The van der Waals surface area contributed by atoms with Crippen LogP contribution in [0, 0.1) is 6.92 Å². The highest BCUT2D eigenvalue weighted by atomic mass is 35.5. The molecule has 0 aliphatic carbocycles. The fourth-order valence-corrected chi connectivity index (χ4v) is 4.80. The van der Waals surface area contributed by atoms with Crippen molar-refractivity contribution in [3.8, 4) is 0 Å². The van der Waals surface area contributed by atoms with Gasteiger partial charge in [-0.05, 0) is 56.5 Å². The molecule has 2 amide bonds. The molecule has 0 heterocycles. The van der Waals surface area contributed by atoms with E-state index in [0.717, 1.165) is 10.6 Å². The van der Waals surface area contributed by atoms with Crippen LogP contribution in [0.5, 0.6) is 0 Å². The van der Waals surface area contributed by atoms with E-state index < -0.39 is 28.5 Å². The molecule has 2 aromatic carbocycles. The maximum Gasteiger partial charge on any atom is 0.244 e. The van der Waals surface area contributed by atoms with Crippen LogP contribution in [0.3, 0.4) is 0 Å². The van der Waals surface area contributed by atoms with Gasteiger partial charge in [0.2, 0.25) is 21.8 Å². The van der Waals surface area contributed by atoms with Crippen LogP contribution in [-0.2, 0) is 26.2 Å². The molecule has 0 bridgehead atoms. The molecule has 2 rings (SSSR count). The summed E-state index contributed by atoms with van der Waals surface area (Å²) in [7, 11) is -3.78. The summed E-state index contributed by atoms with van der Waals surface area (Å²) in [4.78, 5) is 28.0. The lowest BCUT2D eigenvalue weighted by molar-refractivity contribution is -0.140. The molecule has 10 heteroatoms. The van der Waals surface area contributed by atoms with Crippen LogP contribution in [0.15, 0.2) is 42.5 Å². The number of rotatable bonds is 10. The van der Waals surface area contributed by atoms with Crippen LogP contribution >= 0.6 is 23.2 Å². The topological polar surface area (TPSA) is 86.8 Å². The Labute approximate surface area is 212 Å². The summed E-state index contributed by atoms with van der Waals surface area (Å²) in [5.74, 6) is -0.821. The summed E-state index contributed by atoms with van der Waals surface area (Å²) < 4.78 is 26.4. The number of para-hydroxylation sites is 1. The number of halogens is 2. The van der Waals surface area contributed by atoms with E-state index in [1.807, 2.05) is 13.8 Å². The van der Waals surface area contributed by atoms with Gasteiger partial charge in [-0.1, -0.05) is 54.4 Å². The summed E-state index contributed by atoms with van der Waals surface area (Å²) in [6.45, 7) is 6.85. The maximum absolute atomic E-state index is 13.6. The molecule has 0 spiro atoms. The van der Waals surface area contributed by atoms with Crippen molar-refractivity contribution in [1.82, 2.24) is 10.2 Å². The average Bonchev–Trinajstić information content (AvgIpc) is 2.73. The van der Waals surface area contributed by atoms with Gasteiger partial charge in [-0.25, -0.2) is 8.42 Å². The Hall–Kier alpha value is -2.29. The number of carbonyl (C=O) groups excluding carboxylic acids is 2. The second kappa shape index (κ2) is 11.9. The highest BCUT2D eigenvalue weighted by Crippen LogP contribution is 2.25. The first-order valence-electron chi connectivity index (χ1n) is 10.9. The highest BCUT2D eigenvalue weighted by Gasteiger charge is 2.32. The number of hydrogen-bond acceptors (Lipinski definition) is 4. The molecule has 0 radical (unpaired) electrons. The molecule has 0 aromatic heterocycles. The zero-order valence-electron chi connectivity index (χ0n) is 20.0. The minimum atomic E-state index is -3.78. The van der Waals surface area contributed by atoms with Crippen LogP contribution in [-0.4, -0.2) is 50.0 Å². The Morgan fingerprint density at radius 2 is 1.71 bits per heavy atom. The summed E-state index contributed by atoms with van der Waals surface area (Å²) in [5.41, 5.74) is 1.79. The van der Waals surface area contributed by atoms with Crippen molar-refractivity contribution in [2.75, 3.05) is 17.1 Å². The number of sulfonamides is 1. The molecule has 0 unspecified atom stereocenters. The van der Waals surface area contributed by atoms with E-state index in [1.54, 1.807) is 56.3 Å². The number of aryl methyl sites for hydroxylation is 1. The summed E-state index contributed by atoms with van der Waals surface area (Å²) >= 11 is 12.2. The third kappa shape index (κ3) is 7.35. The van der Waals surface area contributed by atoms with Crippen molar-refractivity contribution in [2.45, 2.75) is 52.7 Å². The predicted octanol–water partition coefficient (Wildman–Crippen LogP) is 4.40. The standard InChI is InChI=1S/C24H31Cl2N3O4S/c1-6-21(24(31)27-16(2)3)28(14-18-11-12-19(25)20(26)13-18)23(30)15-29(34(5,32)33)22-10-8-7-9-17(22)4/h7-13,16,21H,6,14-15H2,1-5H3,(H,27,31)/t21-/m0/s1. The minimum absolute atomic E-state index is 0.0606. The lowest BCUT2D eigenvalue weighted by Crippen LogP contribution is -2.53. The Morgan fingerprint density at radius 3 is 2.24 bits per heavy atom. The number of anilines is 1. The van der Waals surface area contributed by atoms with Crippen LogP contribution in [0.2, 0.25) is 10.0 Å². The third-order valence-electron chi connectivity index (χ3n) is 5.22. The number of nitrogens with zero attached hydrogens (tertiary/aromatic N) is 2. The average molecular weight is 529 g/mol. The van der Waals surface area contributed by atoms with Crippen molar-refractivity contribution in [1.29, 1.82) is 0 Å². The van der Waals surface area contributed by atoms with Gasteiger partial charge in [-0.3, -0.25) is 13.9 Å². The summed E-state index contributed by atoms with van der Waals surface area (Å²) in [5, 5.41) is 3.54. The second-order valence-corrected chi connectivity index (χ2v) is 11.1. The van der Waals surface area contributed by atoms with E-state index in [-0.39, 0.29) is 18.5 Å². The van der Waals surface area contributed by atoms with Crippen molar-refractivity contribution < 1.29 is 18.0 Å². The molecule has 0 saturated heterocycles. The number of amides is 2. The van der Waals surface area contributed by atoms with Crippen LogP contribution in [0.1, 0.15) is 38.3 Å². The Balaban J connectivity index is 2.48. The summed E-state index contributed by atoms with van der Waals surface area (Å²) in [6.07, 6.45) is 1.40. The first kappa shape index (κ1) is 28.0. The Bertz CT molecular complexity index is 1140. The maximum atomic E-state index is 13.6. The number of benzene rings is 2. The lowest BCUT2D eigenvalue weighted by Gasteiger charge is -2.33. The van der Waals surface area contributed by atoms with Crippen molar-refractivity contribution in [3.05, 3.63) is 63.6 Å². The van der Waals surface area contributed by atoms with Crippen molar-refractivity contribution in [3.63, 3.8) is 0 Å². The van der Waals surface area contributed by atoms with E-state index in [1.165, 1.54) is 4.90 Å². The van der Waals surface area contributed by atoms with Gasteiger partial charge in [0.25, 0.3) is 0 Å². The van der Waals surface area contributed by atoms with Gasteiger partial charge >= 0.3 is 0 Å². The lowest BCUT2D eigenvalue weighted by atomic mass is 10.1. The van der Waals surface area contributed by atoms with Gasteiger partial charge in [-0.2, -0.15) is 0 Å². The minimum Gasteiger partial charge on any atom is -0.352 e. The van der Waals surface area contributed by atoms with Gasteiger partial charge in [0.05, 0.1) is 22.0 Å². The first-order chi connectivity index (χ1) is 15.8. The van der Waals surface area contributed by atoms with Crippen LogP contribution in [0.4, 0.5) is 5.69 Å². The van der Waals surface area contributed by atoms with E-state index in [2.05, 4.69) is 5.32 Å². The van der Waals surface area contributed by atoms with E-state index in [9.17, 15) is 18.0 Å². The molecule has 34 heavy (non-hydrogen) atoms. The zero-order valence-corrected chi connectivity index (χ0v) is 22.3. The van der Waals surface area contributed by atoms with Gasteiger partial charge in [0.1, 0.15) is 12.6 Å². The Morgan fingerprint density at radius 1 is 1.06 bits per heavy atom. The van der Waals surface area contributed by atoms with Crippen LogP contribution in [0.25, 0.3) is 0 Å². The van der Waals surface area contributed by atoms with E-state index in [0.29, 0.717) is 33.3 Å². The zero-order chi connectivity index (χ0) is 25.6. The first-order valence-corrected chi connectivity index (χ1v) is 13.5. The number of carbonyl (C=O) groups is 2. The SMILES string of the molecule is CC[C@@H](C(=O)NC(C)C)N(Cc1ccc(Cl)c(Cl)c1)C(=O)CN(c1ccccc1C)S(C)(=O)=O.